The third-order valence-electron chi connectivity index (χ3n) is 2.41. The number of hydrogen-bond donors (Lipinski definition) is 1. The van der Waals surface area contributed by atoms with Gasteiger partial charge in [-0.3, -0.25) is 15.0 Å². The Labute approximate surface area is 99.4 Å². The largest absolute Gasteiger partial charge is 0.494 e. The summed E-state index contributed by atoms with van der Waals surface area (Å²) >= 11 is 0. The van der Waals surface area contributed by atoms with Crippen LogP contribution in [0.2, 0.25) is 0 Å². The Morgan fingerprint density at radius 1 is 1.29 bits per heavy atom. The Morgan fingerprint density at radius 2 is 2.00 bits per heavy atom. The van der Waals surface area contributed by atoms with Crippen LogP contribution >= 0.6 is 0 Å². The second-order valence-electron chi connectivity index (χ2n) is 3.78. The molecule has 5 heteroatoms. The molecule has 5 nitrogen and oxygen atoms in total. The fourth-order valence-corrected chi connectivity index (χ4v) is 1.59. The van der Waals surface area contributed by atoms with Crippen molar-refractivity contribution in [1.82, 2.24) is 5.32 Å². The van der Waals surface area contributed by atoms with Crippen molar-refractivity contribution in [3.8, 4) is 5.75 Å². The Bertz CT molecular complexity index is 428. The van der Waals surface area contributed by atoms with Crippen LogP contribution in [-0.2, 0) is 4.79 Å². The maximum absolute atomic E-state index is 11.4. The summed E-state index contributed by atoms with van der Waals surface area (Å²) in [4.78, 5) is 23.8. The Kier molecular flexibility index (Phi) is 3.27. The molecule has 0 saturated carbocycles. The molecule has 0 radical (unpaired) electrons. The summed E-state index contributed by atoms with van der Waals surface area (Å²) < 4.78 is 5.43. The SMILES string of the molecule is CCCOc1ccc(N2CC(=O)NC2=O)cc1. The third kappa shape index (κ3) is 2.55. The molecule has 1 N–H and O–H groups in total. The number of carbonyl (C=O) groups is 2. The minimum Gasteiger partial charge on any atom is -0.494 e. The van der Waals surface area contributed by atoms with Crippen LogP contribution in [0.3, 0.4) is 0 Å². The van der Waals surface area contributed by atoms with Gasteiger partial charge in [0.2, 0.25) is 5.91 Å². The molecule has 0 atom stereocenters. The average Bonchev–Trinajstić information content (AvgIpc) is 2.66. The van der Waals surface area contributed by atoms with Gasteiger partial charge in [0.1, 0.15) is 12.3 Å². The molecule has 1 fully saturated rings. The first kappa shape index (κ1) is 11.4. The molecule has 3 amide bonds. The lowest BCUT2D eigenvalue weighted by atomic mass is 10.3. The van der Waals surface area contributed by atoms with Gasteiger partial charge >= 0.3 is 6.03 Å². The summed E-state index contributed by atoms with van der Waals surface area (Å²) in [5.74, 6) is 0.489. The van der Waals surface area contributed by atoms with E-state index in [1.807, 2.05) is 6.92 Å². The van der Waals surface area contributed by atoms with E-state index in [-0.39, 0.29) is 18.5 Å². The van der Waals surface area contributed by atoms with Crippen LogP contribution in [-0.4, -0.2) is 25.1 Å². The van der Waals surface area contributed by atoms with E-state index in [0.29, 0.717) is 12.3 Å². The number of carbonyl (C=O) groups excluding carboxylic acids is 2. The van der Waals surface area contributed by atoms with Gasteiger partial charge in [-0.2, -0.15) is 0 Å². The van der Waals surface area contributed by atoms with Crippen molar-refractivity contribution in [2.45, 2.75) is 13.3 Å². The van der Waals surface area contributed by atoms with Crippen LogP contribution < -0.4 is 15.0 Å². The fourth-order valence-electron chi connectivity index (χ4n) is 1.59. The smallest absolute Gasteiger partial charge is 0.329 e. The Balaban J connectivity index is 2.07. The number of urea groups is 1. The van der Waals surface area contributed by atoms with Gasteiger partial charge in [0.05, 0.1) is 6.61 Å². The van der Waals surface area contributed by atoms with E-state index in [9.17, 15) is 9.59 Å². The number of anilines is 1. The van der Waals surface area contributed by atoms with Crippen molar-refractivity contribution in [3.63, 3.8) is 0 Å². The van der Waals surface area contributed by atoms with Crippen LogP contribution in [0.25, 0.3) is 0 Å². The molecule has 0 unspecified atom stereocenters. The Hall–Kier alpha value is -2.04. The van der Waals surface area contributed by atoms with Crippen molar-refractivity contribution < 1.29 is 14.3 Å². The van der Waals surface area contributed by atoms with Gasteiger partial charge in [0.25, 0.3) is 0 Å². The predicted molar refractivity (Wildman–Crippen MR) is 63.1 cm³/mol. The average molecular weight is 234 g/mol. The van der Waals surface area contributed by atoms with Gasteiger partial charge in [-0.25, -0.2) is 4.79 Å². The highest BCUT2D eigenvalue weighted by molar-refractivity contribution is 6.12. The second-order valence-corrected chi connectivity index (χ2v) is 3.78. The zero-order chi connectivity index (χ0) is 12.3. The molecule has 0 bridgehead atoms. The third-order valence-corrected chi connectivity index (χ3v) is 2.41. The van der Waals surface area contributed by atoms with E-state index < -0.39 is 0 Å². The molecular formula is C12H14N2O3. The number of benzene rings is 1. The van der Waals surface area contributed by atoms with Crippen LogP contribution in [0.1, 0.15) is 13.3 Å². The van der Waals surface area contributed by atoms with Crippen LogP contribution in [0.5, 0.6) is 5.75 Å². The van der Waals surface area contributed by atoms with Crippen molar-refractivity contribution in [3.05, 3.63) is 24.3 Å². The number of nitrogens with one attached hydrogen (secondary N) is 1. The first-order valence-corrected chi connectivity index (χ1v) is 5.55. The summed E-state index contributed by atoms with van der Waals surface area (Å²) in [6.07, 6.45) is 0.949. The van der Waals surface area contributed by atoms with E-state index >= 15 is 0 Å². The van der Waals surface area contributed by atoms with Gasteiger partial charge in [-0.1, -0.05) is 6.92 Å². The maximum atomic E-state index is 11.4. The van der Waals surface area contributed by atoms with Gasteiger partial charge in [0, 0.05) is 5.69 Å². The molecule has 0 aromatic heterocycles. The maximum Gasteiger partial charge on any atom is 0.329 e. The van der Waals surface area contributed by atoms with Crippen molar-refractivity contribution in [1.29, 1.82) is 0 Å². The molecule has 90 valence electrons. The highest BCUT2D eigenvalue weighted by atomic mass is 16.5. The molecule has 0 spiro atoms. The van der Waals surface area contributed by atoms with Crippen LogP contribution in [0.15, 0.2) is 24.3 Å². The zero-order valence-corrected chi connectivity index (χ0v) is 9.60. The Morgan fingerprint density at radius 3 is 2.53 bits per heavy atom. The number of rotatable bonds is 4. The second kappa shape index (κ2) is 4.86. The highest BCUT2D eigenvalue weighted by Gasteiger charge is 2.27. The van der Waals surface area contributed by atoms with E-state index in [2.05, 4.69) is 5.32 Å². The van der Waals surface area contributed by atoms with Crippen molar-refractivity contribution in [2.75, 3.05) is 18.1 Å². The van der Waals surface area contributed by atoms with Crippen molar-refractivity contribution >= 4 is 17.6 Å². The van der Waals surface area contributed by atoms with Gasteiger partial charge < -0.3 is 4.74 Å². The van der Waals surface area contributed by atoms with E-state index in [1.54, 1.807) is 24.3 Å². The molecule has 2 rings (SSSR count). The number of amides is 3. The molecule has 1 heterocycles. The number of imide groups is 1. The standard InChI is InChI=1S/C12H14N2O3/c1-2-7-17-10-5-3-9(4-6-10)14-8-11(15)13-12(14)16/h3-6H,2,7-8H2,1H3,(H,13,15,16). The lowest BCUT2D eigenvalue weighted by Gasteiger charge is -2.13. The first-order chi connectivity index (χ1) is 8.20. The van der Waals surface area contributed by atoms with Crippen LogP contribution in [0, 0.1) is 0 Å². The number of hydrogen-bond acceptors (Lipinski definition) is 3. The summed E-state index contributed by atoms with van der Waals surface area (Å²) in [7, 11) is 0. The van der Waals surface area contributed by atoms with E-state index in [1.165, 1.54) is 4.90 Å². The number of nitrogens with zero attached hydrogens (tertiary/aromatic N) is 1. The molecule has 1 aliphatic heterocycles. The topological polar surface area (TPSA) is 58.6 Å². The van der Waals surface area contributed by atoms with E-state index in [0.717, 1.165) is 12.2 Å². The predicted octanol–water partition coefficient (Wildman–Crippen LogP) is 1.53. The fraction of sp³-hybridized carbons (Fsp3) is 0.333. The first-order valence-electron chi connectivity index (χ1n) is 5.55. The molecular weight excluding hydrogens is 220 g/mol. The number of ether oxygens (including phenoxy) is 1. The highest BCUT2D eigenvalue weighted by Crippen LogP contribution is 2.21. The van der Waals surface area contributed by atoms with Crippen molar-refractivity contribution in [2.24, 2.45) is 0 Å². The zero-order valence-electron chi connectivity index (χ0n) is 9.60. The summed E-state index contributed by atoms with van der Waals surface area (Å²) in [5.41, 5.74) is 0.692. The minimum absolute atomic E-state index is 0.0774. The summed E-state index contributed by atoms with van der Waals surface area (Å²) in [6, 6.07) is 6.74. The van der Waals surface area contributed by atoms with Gasteiger partial charge in [0.15, 0.2) is 0 Å². The lowest BCUT2D eigenvalue weighted by Crippen LogP contribution is -2.27. The molecule has 0 aliphatic carbocycles. The molecule has 1 saturated heterocycles. The lowest BCUT2D eigenvalue weighted by molar-refractivity contribution is -0.117. The summed E-state index contributed by atoms with van der Waals surface area (Å²) in [5, 5.41) is 2.23. The molecule has 17 heavy (non-hydrogen) atoms. The quantitative estimate of drug-likeness (QED) is 0.804. The minimum atomic E-state index is -0.378. The van der Waals surface area contributed by atoms with Gasteiger partial charge in [-0.05, 0) is 30.7 Å². The molecule has 1 aromatic carbocycles. The van der Waals surface area contributed by atoms with Gasteiger partial charge in [-0.15, -0.1) is 0 Å². The van der Waals surface area contributed by atoms with Crippen LogP contribution in [0.4, 0.5) is 10.5 Å². The summed E-state index contributed by atoms with van der Waals surface area (Å²) in [6.45, 7) is 2.78. The molecule has 1 aromatic rings. The van der Waals surface area contributed by atoms with E-state index in [4.69, 9.17) is 4.74 Å². The molecule has 1 aliphatic rings. The monoisotopic (exact) mass is 234 g/mol. The normalized spacial score (nSPS) is 15.0.